The van der Waals surface area contributed by atoms with Crippen molar-refractivity contribution in [1.82, 2.24) is 4.90 Å². The molecule has 0 spiro atoms. The Morgan fingerprint density at radius 1 is 1.00 bits per heavy atom. The molecule has 0 radical (unpaired) electrons. The molecular formula is C20H25FN2O3. The Balaban J connectivity index is 1.45. The molecule has 3 rings (SSSR count). The Morgan fingerprint density at radius 2 is 1.65 bits per heavy atom. The topological polar surface area (TPSA) is 45.2 Å². The zero-order valence-electron chi connectivity index (χ0n) is 15.0. The van der Waals surface area contributed by atoms with E-state index in [9.17, 15) is 9.50 Å². The molecule has 1 aliphatic rings. The Labute approximate surface area is 153 Å². The molecule has 26 heavy (non-hydrogen) atoms. The summed E-state index contributed by atoms with van der Waals surface area (Å²) in [6, 6.07) is 14.2. The number of nitrogens with zero attached hydrogens (tertiary/aromatic N) is 2. The summed E-state index contributed by atoms with van der Waals surface area (Å²) in [6.07, 6.45) is -0.660. The van der Waals surface area contributed by atoms with Gasteiger partial charge in [0.25, 0.3) is 0 Å². The lowest BCUT2D eigenvalue weighted by molar-refractivity contribution is 0.0649. The van der Waals surface area contributed by atoms with E-state index < -0.39 is 11.9 Å². The molecule has 1 fully saturated rings. The van der Waals surface area contributed by atoms with Gasteiger partial charge < -0.3 is 19.5 Å². The number of methoxy groups -OCH3 is 1. The van der Waals surface area contributed by atoms with Crippen LogP contribution in [0, 0.1) is 5.82 Å². The van der Waals surface area contributed by atoms with Gasteiger partial charge in [0.2, 0.25) is 0 Å². The standard InChI is InChI=1S/C20H25FN2O3/c1-25-20-9-5-3-7-18(20)23-12-10-22(11-13-23)14-16(24)15-26-19-8-4-2-6-17(19)21/h2-9,16,24H,10-15H2,1H3/t16-/m1/s1. The summed E-state index contributed by atoms with van der Waals surface area (Å²) < 4.78 is 24.3. The van der Waals surface area contributed by atoms with Crippen LogP contribution in [0.1, 0.15) is 0 Å². The van der Waals surface area contributed by atoms with Crippen LogP contribution in [0.5, 0.6) is 11.5 Å². The first-order valence-electron chi connectivity index (χ1n) is 8.83. The van der Waals surface area contributed by atoms with E-state index in [1.165, 1.54) is 6.07 Å². The Hall–Kier alpha value is -2.31. The first-order chi connectivity index (χ1) is 12.7. The highest BCUT2D eigenvalue weighted by Gasteiger charge is 2.21. The highest BCUT2D eigenvalue weighted by Crippen LogP contribution is 2.28. The van der Waals surface area contributed by atoms with E-state index in [0.717, 1.165) is 37.6 Å². The van der Waals surface area contributed by atoms with Gasteiger partial charge in [0.1, 0.15) is 18.5 Å². The van der Waals surface area contributed by atoms with Crippen LogP contribution in [0.3, 0.4) is 0 Å². The molecule has 0 aromatic heterocycles. The molecule has 5 nitrogen and oxygen atoms in total. The van der Waals surface area contributed by atoms with Crippen LogP contribution in [0.15, 0.2) is 48.5 Å². The Bertz CT molecular complexity index is 705. The van der Waals surface area contributed by atoms with Crippen LogP contribution >= 0.6 is 0 Å². The lowest BCUT2D eigenvalue weighted by Gasteiger charge is -2.37. The number of β-amino-alcohol motifs (C(OH)–C–C–N with tert-alkyl or cyclic N) is 1. The van der Waals surface area contributed by atoms with Gasteiger partial charge in [-0.3, -0.25) is 4.90 Å². The lowest BCUT2D eigenvalue weighted by atomic mass is 10.2. The van der Waals surface area contributed by atoms with Crippen LogP contribution in [0.4, 0.5) is 10.1 Å². The monoisotopic (exact) mass is 360 g/mol. The van der Waals surface area contributed by atoms with Crippen LogP contribution in [-0.4, -0.2) is 62.6 Å². The number of benzene rings is 2. The lowest BCUT2D eigenvalue weighted by Crippen LogP contribution is -2.49. The summed E-state index contributed by atoms with van der Waals surface area (Å²) in [6.45, 7) is 3.99. The molecule has 1 heterocycles. The van der Waals surface area contributed by atoms with E-state index in [1.54, 1.807) is 25.3 Å². The number of aliphatic hydroxyl groups is 1. The number of para-hydroxylation sites is 3. The van der Waals surface area contributed by atoms with Crippen LogP contribution in [0.25, 0.3) is 0 Å². The number of anilines is 1. The van der Waals surface area contributed by atoms with Gasteiger partial charge in [-0.1, -0.05) is 24.3 Å². The summed E-state index contributed by atoms with van der Waals surface area (Å²) in [5.74, 6) is 0.636. The van der Waals surface area contributed by atoms with Crippen molar-refractivity contribution in [2.45, 2.75) is 6.10 Å². The van der Waals surface area contributed by atoms with Gasteiger partial charge in [-0.25, -0.2) is 4.39 Å². The summed E-state index contributed by atoms with van der Waals surface area (Å²) in [7, 11) is 1.68. The third-order valence-corrected chi connectivity index (χ3v) is 4.53. The van der Waals surface area contributed by atoms with Crippen molar-refractivity contribution >= 4 is 5.69 Å². The van der Waals surface area contributed by atoms with Gasteiger partial charge in [-0.15, -0.1) is 0 Å². The fourth-order valence-corrected chi connectivity index (χ4v) is 3.16. The molecule has 2 aromatic rings. The minimum Gasteiger partial charge on any atom is -0.495 e. The molecule has 1 saturated heterocycles. The number of ether oxygens (including phenoxy) is 2. The summed E-state index contributed by atoms with van der Waals surface area (Å²) in [4.78, 5) is 4.48. The maximum absolute atomic E-state index is 13.5. The molecule has 0 bridgehead atoms. The molecule has 1 atom stereocenters. The van der Waals surface area contributed by atoms with Gasteiger partial charge in [-0.05, 0) is 24.3 Å². The maximum Gasteiger partial charge on any atom is 0.165 e. The first kappa shape index (κ1) is 18.5. The maximum atomic E-state index is 13.5. The fourth-order valence-electron chi connectivity index (χ4n) is 3.16. The highest BCUT2D eigenvalue weighted by atomic mass is 19.1. The normalized spacial score (nSPS) is 16.3. The van der Waals surface area contributed by atoms with Gasteiger partial charge in [0.15, 0.2) is 11.6 Å². The van der Waals surface area contributed by atoms with Crippen molar-refractivity contribution in [2.75, 3.05) is 51.3 Å². The van der Waals surface area contributed by atoms with Crippen molar-refractivity contribution in [1.29, 1.82) is 0 Å². The van der Waals surface area contributed by atoms with Gasteiger partial charge in [0.05, 0.1) is 12.8 Å². The quantitative estimate of drug-likeness (QED) is 0.822. The first-order valence-corrected chi connectivity index (χ1v) is 8.83. The molecule has 0 aliphatic carbocycles. The average Bonchev–Trinajstić information content (AvgIpc) is 2.68. The second-order valence-corrected chi connectivity index (χ2v) is 6.35. The SMILES string of the molecule is COc1ccccc1N1CCN(C[C@@H](O)COc2ccccc2F)CC1. The number of aliphatic hydroxyl groups excluding tert-OH is 1. The van der Waals surface area contributed by atoms with Crippen molar-refractivity contribution in [3.8, 4) is 11.5 Å². The number of hydrogen-bond donors (Lipinski definition) is 1. The second kappa shape index (κ2) is 8.87. The van der Waals surface area contributed by atoms with Gasteiger partial charge in [0, 0.05) is 32.7 Å². The molecule has 2 aromatic carbocycles. The minimum absolute atomic E-state index is 0.0770. The molecule has 6 heteroatoms. The average molecular weight is 360 g/mol. The fraction of sp³-hybridized carbons (Fsp3) is 0.400. The zero-order chi connectivity index (χ0) is 18.4. The summed E-state index contributed by atoms with van der Waals surface area (Å²) in [5.41, 5.74) is 1.10. The third-order valence-electron chi connectivity index (χ3n) is 4.53. The third kappa shape index (κ3) is 4.65. The molecule has 140 valence electrons. The largest absolute Gasteiger partial charge is 0.495 e. The minimum atomic E-state index is -0.660. The van der Waals surface area contributed by atoms with E-state index in [-0.39, 0.29) is 12.4 Å². The number of halogens is 1. The predicted molar refractivity (Wildman–Crippen MR) is 99.5 cm³/mol. The van der Waals surface area contributed by atoms with Crippen molar-refractivity contribution in [2.24, 2.45) is 0 Å². The van der Waals surface area contributed by atoms with Crippen molar-refractivity contribution in [3.05, 3.63) is 54.3 Å². The molecule has 0 amide bonds. The predicted octanol–water partition coefficient (Wildman–Crippen LogP) is 2.40. The van der Waals surface area contributed by atoms with E-state index in [1.807, 2.05) is 18.2 Å². The highest BCUT2D eigenvalue weighted by molar-refractivity contribution is 5.58. The van der Waals surface area contributed by atoms with E-state index >= 15 is 0 Å². The molecule has 1 N–H and O–H groups in total. The molecule has 0 unspecified atom stereocenters. The van der Waals surface area contributed by atoms with E-state index in [4.69, 9.17) is 9.47 Å². The number of rotatable bonds is 7. The molecular weight excluding hydrogens is 335 g/mol. The number of hydrogen-bond acceptors (Lipinski definition) is 5. The van der Waals surface area contributed by atoms with E-state index in [2.05, 4.69) is 15.9 Å². The molecule has 1 aliphatic heterocycles. The van der Waals surface area contributed by atoms with Crippen molar-refractivity contribution in [3.63, 3.8) is 0 Å². The van der Waals surface area contributed by atoms with Crippen LogP contribution < -0.4 is 14.4 Å². The Kier molecular flexibility index (Phi) is 6.30. The van der Waals surface area contributed by atoms with Gasteiger partial charge in [-0.2, -0.15) is 0 Å². The second-order valence-electron chi connectivity index (χ2n) is 6.35. The van der Waals surface area contributed by atoms with Crippen LogP contribution in [0.2, 0.25) is 0 Å². The smallest absolute Gasteiger partial charge is 0.165 e. The Morgan fingerprint density at radius 3 is 2.35 bits per heavy atom. The van der Waals surface area contributed by atoms with Crippen molar-refractivity contribution < 1.29 is 19.0 Å². The number of piperazine rings is 1. The summed E-state index contributed by atoms with van der Waals surface area (Å²) in [5, 5.41) is 10.2. The summed E-state index contributed by atoms with van der Waals surface area (Å²) >= 11 is 0. The van der Waals surface area contributed by atoms with Gasteiger partial charge >= 0.3 is 0 Å². The van der Waals surface area contributed by atoms with E-state index in [0.29, 0.717) is 6.54 Å². The zero-order valence-corrected chi connectivity index (χ0v) is 15.0. The van der Waals surface area contributed by atoms with Crippen LogP contribution in [-0.2, 0) is 0 Å². The molecule has 0 saturated carbocycles.